The molecule has 3 rings (SSSR count). The van der Waals surface area contributed by atoms with Crippen LogP contribution in [-0.2, 0) is 0 Å². The maximum Gasteiger partial charge on any atom is 0.177 e. The number of hydrogen-bond acceptors (Lipinski definition) is 6. The molecule has 0 N–H and O–H groups in total. The van der Waals surface area contributed by atoms with E-state index in [1.165, 1.54) is 7.11 Å². The first-order valence-corrected chi connectivity index (χ1v) is 7.77. The molecular formula is C19H20O6. The highest BCUT2D eigenvalue weighted by Gasteiger charge is 2.33. The second-order valence-electron chi connectivity index (χ2n) is 5.54. The lowest BCUT2D eigenvalue weighted by atomic mass is 9.88. The highest BCUT2D eigenvalue weighted by atomic mass is 16.5. The number of carbonyl (C=O) groups excluding carboxylic acids is 1. The average Bonchev–Trinajstić information content (AvgIpc) is 2.67. The summed E-state index contributed by atoms with van der Waals surface area (Å²) in [5.41, 5.74) is 1.22. The van der Waals surface area contributed by atoms with Crippen molar-refractivity contribution >= 4 is 5.78 Å². The van der Waals surface area contributed by atoms with Crippen LogP contribution >= 0.6 is 0 Å². The minimum Gasteiger partial charge on any atom is -0.497 e. The summed E-state index contributed by atoms with van der Waals surface area (Å²) in [5, 5.41) is 0. The molecule has 0 radical (unpaired) electrons. The topological polar surface area (TPSA) is 63.2 Å². The van der Waals surface area contributed by atoms with Crippen LogP contribution in [0.25, 0.3) is 0 Å². The van der Waals surface area contributed by atoms with Crippen molar-refractivity contribution in [2.45, 2.75) is 5.92 Å². The predicted octanol–water partition coefficient (Wildman–Crippen LogP) is 3.08. The SMILES string of the molecule is COc1ccc(C2COc3cc(OC)c(OC)cc3C2=O)c(OC)c1. The second kappa shape index (κ2) is 6.93. The molecule has 2 aromatic carbocycles. The van der Waals surface area contributed by atoms with E-state index in [0.29, 0.717) is 34.3 Å². The van der Waals surface area contributed by atoms with Crippen LogP contribution in [-0.4, -0.2) is 40.8 Å². The molecule has 6 heteroatoms. The van der Waals surface area contributed by atoms with Crippen molar-refractivity contribution < 1.29 is 28.5 Å². The monoisotopic (exact) mass is 344 g/mol. The van der Waals surface area contributed by atoms with Gasteiger partial charge in [0.05, 0.1) is 39.9 Å². The van der Waals surface area contributed by atoms with Crippen molar-refractivity contribution in [3.8, 4) is 28.7 Å². The zero-order valence-electron chi connectivity index (χ0n) is 14.6. The first-order chi connectivity index (χ1) is 12.1. The highest BCUT2D eigenvalue weighted by Crippen LogP contribution is 2.42. The van der Waals surface area contributed by atoms with E-state index in [4.69, 9.17) is 23.7 Å². The lowest BCUT2D eigenvalue weighted by Crippen LogP contribution is -2.26. The molecule has 0 fully saturated rings. The fourth-order valence-corrected chi connectivity index (χ4v) is 2.95. The van der Waals surface area contributed by atoms with Gasteiger partial charge in [0.2, 0.25) is 0 Å². The van der Waals surface area contributed by atoms with Gasteiger partial charge >= 0.3 is 0 Å². The van der Waals surface area contributed by atoms with E-state index in [-0.39, 0.29) is 12.4 Å². The Morgan fingerprint density at radius 3 is 2.20 bits per heavy atom. The molecule has 0 saturated heterocycles. The normalized spacial score (nSPS) is 15.8. The summed E-state index contributed by atoms with van der Waals surface area (Å²) in [7, 11) is 6.22. The number of carbonyl (C=O) groups is 1. The van der Waals surface area contributed by atoms with Gasteiger partial charge < -0.3 is 23.7 Å². The van der Waals surface area contributed by atoms with Crippen molar-refractivity contribution in [3.63, 3.8) is 0 Å². The van der Waals surface area contributed by atoms with Gasteiger partial charge in [-0.1, -0.05) is 6.07 Å². The molecule has 6 nitrogen and oxygen atoms in total. The van der Waals surface area contributed by atoms with Gasteiger partial charge in [-0.3, -0.25) is 4.79 Å². The van der Waals surface area contributed by atoms with Crippen LogP contribution < -0.4 is 23.7 Å². The molecule has 1 aliphatic heterocycles. The summed E-state index contributed by atoms with van der Waals surface area (Å²) in [6, 6.07) is 8.71. The first kappa shape index (κ1) is 17.0. The average molecular weight is 344 g/mol. The third-order valence-corrected chi connectivity index (χ3v) is 4.29. The Labute approximate surface area is 146 Å². The molecule has 0 aromatic heterocycles. The van der Waals surface area contributed by atoms with E-state index >= 15 is 0 Å². The molecule has 0 spiro atoms. The van der Waals surface area contributed by atoms with Gasteiger partial charge in [-0.2, -0.15) is 0 Å². The largest absolute Gasteiger partial charge is 0.497 e. The molecule has 0 amide bonds. The molecule has 0 aliphatic carbocycles. The summed E-state index contributed by atoms with van der Waals surface area (Å²) < 4.78 is 27.0. The van der Waals surface area contributed by atoms with E-state index in [1.807, 2.05) is 6.07 Å². The molecule has 1 atom stereocenters. The molecule has 0 bridgehead atoms. The molecule has 132 valence electrons. The molecule has 1 aliphatic rings. The summed E-state index contributed by atoms with van der Waals surface area (Å²) in [5.74, 6) is 2.24. The summed E-state index contributed by atoms with van der Waals surface area (Å²) >= 11 is 0. The van der Waals surface area contributed by atoms with Crippen molar-refractivity contribution in [3.05, 3.63) is 41.5 Å². The maximum absolute atomic E-state index is 13.0. The Kier molecular flexibility index (Phi) is 4.70. The van der Waals surface area contributed by atoms with Crippen molar-refractivity contribution in [1.82, 2.24) is 0 Å². The first-order valence-electron chi connectivity index (χ1n) is 7.77. The van der Waals surface area contributed by atoms with Gasteiger partial charge in [-0.15, -0.1) is 0 Å². The van der Waals surface area contributed by atoms with Crippen molar-refractivity contribution in [2.24, 2.45) is 0 Å². The molecule has 1 unspecified atom stereocenters. The zero-order valence-corrected chi connectivity index (χ0v) is 14.6. The Balaban J connectivity index is 2.02. The minimum absolute atomic E-state index is 0.0503. The van der Waals surface area contributed by atoms with Gasteiger partial charge in [0.15, 0.2) is 17.3 Å². The number of benzene rings is 2. The highest BCUT2D eigenvalue weighted by molar-refractivity contribution is 6.05. The number of rotatable bonds is 5. The number of fused-ring (bicyclic) bond motifs is 1. The van der Waals surface area contributed by atoms with Crippen molar-refractivity contribution in [2.75, 3.05) is 35.0 Å². The van der Waals surface area contributed by atoms with E-state index in [0.717, 1.165) is 5.56 Å². The third-order valence-electron chi connectivity index (χ3n) is 4.29. The second-order valence-corrected chi connectivity index (χ2v) is 5.54. The zero-order chi connectivity index (χ0) is 18.0. The third kappa shape index (κ3) is 2.95. The smallest absolute Gasteiger partial charge is 0.177 e. The van der Waals surface area contributed by atoms with E-state index in [2.05, 4.69) is 0 Å². The molecular weight excluding hydrogens is 324 g/mol. The van der Waals surface area contributed by atoms with E-state index in [1.54, 1.807) is 45.6 Å². The van der Waals surface area contributed by atoms with E-state index in [9.17, 15) is 4.79 Å². The van der Waals surface area contributed by atoms with Crippen LogP contribution in [0.4, 0.5) is 0 Å². The Morgan fingerprint density at radius 2 is 1.56 bits per heavy atom. The van der Waals surface area contributed by atoms with Gasteiger partial charge in [0.25, 0.3) is 0 Å². The van der Waals surface area contributed by atoms with Crippen LogP contribution in [0.5, 0.6) is 28.7 Å². The van der Waals surface area contributed by atoms with Crippen LogP contribution in [0.15, 0.2) is 30.3 Å². The summed E-state index contributed by atoms with van der Waals surface area (Å²) in [4.78, 5) is 13.0. The van der Waals surface area contributed by atoms with E-state index < -0.39 is 5.92 Å². The van der Waals surface area contributed by atoms with Crippen LogP contribution in [0, 0.1) is 0 Å². The maximum atomic E-state index is 13.0. The van der Waals surface area contributed by atoms with Crippen molar-refractivity contribution in [1.29, 1.82) is 0 Å². The number of methoxy groups -OCH3 is 4. The Hall–Kier alpha value is -2.89. The predicted molar refractivity (Wildman–Crippen MR) is 91.7 cm³/mol. The van der Waals surface area contributed by atoms with Gasteiger partial charge in [-0.05, 0) is 12.1 Å². The number of Topliss-reactive ketones (excluding diaryl/α,β-unsaturated/α-hetero) is 1. The number of ether oxygens (including phenoxy) is 5. The molecule has 0 saturated carbocycles. The quantitative estimate of drug-likeness (QED) is 0.831. The fourth-order valence-electron chi connectivity index (χ4n) is 2.95. The standard InChI is InChI=1S/C19H20O6/c1-21-11-5-6-12(15(7-11)22-2)14-10-25-16-9-18(24-4)17(23-3)8-13(16)19(14)20/h5-9,14H,10H2,1-4H3. The summed E-state index contributed by atoms with van der Waals surface area (Å²) in [6.45, 7) is 0.226. The minimum atomic E-state index is -0.466. The Morgan fingerprint density at radius 1 is 0.880 bits per heavy atom. The molecule has 25 heavy (non-hydrogen) atoms. The van der Waals surface area contributed by atoms with Crippen LogP contribution in [0.1, 0.15) is 21.8 Å². The van der Waals surface area contributed by atoms with Gasteiger partial charge in [-0.25, -0.2) is 0 Å². The number of hydrogen-bond donors (Lipinski definition) is 0. The Bertz CT molecular complexity index is 799. The molecule has 2 aromatic rings. The molecule has 1 heterocycles. The lowest BCUT2D eigenvalue weighted by Gasteiger charge is -2.26. The van der Waals surface area contributed by atoms with Crippen LogP contribution in [0.3, 0.4) is 0 Å². The summed E-state index contributed by atoms with van der Waals surface area (Å²) in [6.07, 6.45) is 0. The van der Waals surface area contributed by atoms with Crippen LogP contribution in [0.2, 0.25) is 0 Å². The van der Waals surface area contributed by atoms with Gasteiger partial charge in [0.1, 0.15) is 23.9 Å². The fraction of sp³-hybridized carbons (Fsp3) is 0.316. The lowest BCUT2D eigenvalue weighted by molar-refractivity contribution is 0.0893. The number of ketones is 1. The van der Waals surface area contributed by atoms with Gasteiger partial charge in [0, 0.05) is 17.7 Å².